The number of alkyl carbamates (subject to hydrolysis) is 1. The number of nitrogens with one attached hydrogen (secondary N) is 2. The van der Waals surface area contributed by atoms with Crippen molar-refractivity contribution in [1.82, 2.24) is 5.32 Å². The van der Waals surface area contributed by atoms with Gasteiger partial charge in [-0.25, -0.2) is 4.79 Å². The molecular formula is C17H24N2O5. The molecule has 1 aliphatic heterocycles. The highest BCUT2D eigenvalue weighted by Crippen LogP contribution is 2.28. The van der Waals surface area contributed by atoms with Crippen LogP contribution in [0.3, 0.4) is 0 Å². The van der Waals surface area contributed by atoms with Gasteiger partial charge in [-0.1, -0.05) is 12.1 Å². The average Bonchev–Trinajstić information content (AvgIpc) is 2.83. The van der Waals surface area contributed by atoms with Crippen LogP contribution in [0, 0.1) is 0 Å². The number of amides is 2. The highest BCUT2D eigenvalue weighted by Gasteiger charge is 2.23. The Morgan fingerprint density at radius 3 is 2.75 bits per heavy atom. The maximum Gasteiger partial charge on any atom is 0.407 e. The lowest BCUT2D eigenvalue weighted by Gasteiger charge is -2.21. The van der Waals surface area contributed by atoms with Gasteiger partial charge in [-0.05, 0) is 44.4 Å². The summed E-state index contributed by atoms with van der Waals surface area (Å²) < 4.78 is 5.09. The lowest BCUT2D eigenvalue weighted by Crippen LogP contribution is -2.34. The standard InChI is InChI=1S/C17H24N2O5/c1-17(2,3)24-16(23)18-7-6-13(20)15(22)10-4-5-12-11(8-10)9-14(21)19-12/h4-5,8,13,15,20,22H,6-7,9H2,1-3H3,(H,18,23)(H,19,21). The number of hydrogen-bond acceptors (Lipinski definition) is 5. The van der Waals surface area contributed by atoms with Crippen LogP contribution in [0.25, 0.3) is 0 Å². The molecule has 2 atom stereocenters. The summed E-state index contributed by atoms with van der Waals surface area (Å²) in [5.41, 5.74) is 1.49. The van der Waals surface area contributed by atoms with Crippen LogP contribution in [0.4, 0.5) is 10.5 Å². The van der Waals surface area contributed by atoms with E-state index >= 15 is 0 Å². The Hall–Kier alpha value is -2.12. The monoisotopic (exact) mass is 336 g/mol. The number of aliphatic hydroxyl groups is 2. The first-order chi connectivity index (χ1) is 11.2. The Balaban J connectivity index is 1.84. The van der Waals surface area contributed by atoms with Crippen LogP contribution in [0.2, 0.25) is 0 Å². The Kier molecular flexibility index (Phi) is 5.46. The fourth-order valence-electron chi connectivity index (χ4n) is 2.45. The minimum atomic E-state index is -1.09. The fourth-order valence-corrected chi connectivity index (χ4v) is 2.45. The van der Waals surface area contributed by atoms with Crippen molar-refractivity contribution in [3.63, 3.8) is 0 Å². The van der Waals surface area contributed by atoms with Crippen LogP contribution in [0.15, 0.2) is 18.2 Å². The van der Waals surface area contributed by atoms with Crippen LogP contribution < -0.4 is 10.6 Å². The molecule has 1 heterocycles. The summed E-state index contributed by atoms with van der Waals surface area (Å²) in [4.78, 5) is 22.9. The Labute approximate surface area is 141 Å². The first-order valence-corrected chi connectivity index (χ1v) is 7.91. The number of anilines is 1. The number of rotatable bonds is 5. The van der Waals surface area contributed by atoms with E-state index in [4.69, 9.17) is 4.74 Å². The lowest BCUT2D eigenvalue weighted by molar-refractivity contribution is -0.115. The molecule has 2 amide bonds. The van der Waals surface area contributed by atoms with Gasteiger partial charge in [0.1, 0.15) is 11.7 Å². The van der Waals surface area contributed by atoms with Gasteiger partial charge in [-0.3, -0.25) is 4.79 Å². The van der Waals surface area contributed by atoms with E-state index in [1.54, 1.807) is 39.0 Å². The van der Waals surface area contributed by atoms with Gasteiger partial charge in [0.25, 0.3) is 0 Å². The molecule has 1 aliphatic rings. The molecular weight excluding hydrogens is 312 g/mol. The second-order valence-corrected chi connectivity index (χ2v) is 6.87. The Morgan fingerprint density at radius 1 is 1.38 bits per heavy atom. The molecule has 2 rings (SSSR count). The van der Waals surface area contributed by atoms with Crippen molar-refractivity contribution in [3.8, 4) is 0 Å². The first-order valence-electron chi connectivity index (χ1n) is 7.91. The van der Waals surface area contributed by atoms with Crippen molar-refractivity contribution >= 4 is 17.7 Å². The predicted molar refractivity (Wildman–Crippen MR) is 88.6 cm³/mol. The number of ether oxygens (including phenoxy) is 1. The number of carbonyl (C=O) groups is 2. The highest BCUT2D eigenvalue weighted by molar-refractivity contribution is 5.99. The van der Waals surface area contributed by atoms with E-state index in [1.165, 1.54) is 0 Å². The molecule has 0 spiro atoms. The molecule has 4 N–H and O–H groups in total. The van der Waals surface area contributed by atoms with E-state index in [0.717, 1.165) is 11.3 Å². The van der Waals surface area contributed by atoms with E-state index in [1.807, 2.05) is 0 Å². The molecule has 7 heteroatoms. The third-order valence-electron chi connectivity index (χ3n) is 3.57. The van der Waals surface area contributed by atoms with E-state index in [-0.39, 0.29) is 25.3 Å². The van der Waals surface area contributed by atoms with E-state index < -0.39 is 23.9 Å². The van der Waals surface area contributed by atoms with Gasteiger partial charge < -0.3 is 25.6 Å². The normalized spacial score (nSPS) is 16.1. The molecule has 1 aromatic rings. The van der Waals surface area contributed by atoms with Gasteiger partial charge in [0.05, 0.1) is 12.5 Å². The SMILES string of the molecule is CC(C)(C)OC(=O)NCCC(O)C(O)c1ccc2c(c1)CC(=O)N2. The molecule has 0 saturated heterocycles. The van der Waals surface area contributed by atoms with Crippen molar-refractivity contribution < 1.29 is 24.5 Å². The zero-order valence-corrected chi connectivity index (χ0v) is 14.1. The summed E-state index contributed by atoms with van der Waals surface area (Å²) in [6.45, 7) is 5.47. The highest BCUT2D eigenvalue weighted by atomic mass is 16.6. The second kappa shape index (κ2) is 7.19. The largest absolute Gasteiger partial charge is 0.444 e. The molecule has 0 fully saturated rings. The average molecular weight is 336 g/mol. The van der Waals surface area contributed by atoms with Crippen molar-refractivity contribution in [2.24, 2.45) is 0 Å². The van der Waals surface area contributed by atoms with Gasteiger partial charge in [0, 0.05) is 12.2 Å². The predicted octanol–water partition coefficient (Wildman–Crippen LogP) is 1.49. The zero-order chi connectivity index (χ0) is 17.9. The summed E-state index contributed by atoms with van der Waals surface area (Å²) in [6.07, 6.45) is -2.25. The molecule has 0 saturated carbocycles. The maximum absolute atomic E-state index is 11.5. The van der Waals surface area contributed by atoms with Crippen LogP contribution in [0.1, 0.15) is 44.4 Å². The van der Waals surface area contributed by atoms with Crippen molar-refractivity contribution in [1.29, 1.82) is 0 Å². The number of carbonyl (C=O) groups excluding carboxylic acids is 2. The first kappa shape index (κ1) is 18.2. The molecule has 2 unspecified atom stereocenters. The molecule has 0 aromatic heterocycles. The smallest absolute Gasteiger partial charge is 0.407 e. The zero-order valence-electron chi connectivity index (χ0n) is 14.1. The molecule has 7 nitrogen and oxygen atoms in total. The third kappa shape index (κ3) is 4.94. The summed E-state index contributed by atoms with van der Waals surface area (Å²) in [6, 6.07) is 5.09. The lowest BCUT2D eigenvalue weighted by atomic mass is 9.99. The third-order valence-corrected chi connectivity index (χ3v) is 3.57. The quantitative estimate of drug-likeness (QED) is 0.651. The van der Waals surface area contributed by atoms with Gasteiger partial charge in [0.2, 0.25) is 5.91 Å². The molecule has 24 heavy (non-hydrogen) atoms. The number of fused-ring (bicyclic) bond motifs is 1. The molecule has 0 bridgehead atoms. The fraction of sp³-hybridized carbons (Fsp3) is 0.529. The minimum absolute atomic E-state index is 0.0845. The number of benzene rings is 1. The minimum Gasteiger partial charge on any atom is -0.444 e. The van der Waals surface area contributed by atoms with Gasteiger partial charge in [-0.15, -0.1) is 0 Å². The van der Waals surface area contributed by atoms with Crippen molar-refractivity contribution in [3.05, 3.63) is 29.3 Å². The Morgan fingerprint density at radius 2 is 2.08 bits per heavy atom. The molecule has 132 valence electrons. The molecule has 0 aliphatic carbocycles. The number of aliphatic hydroxyl groups excluding tert-OH is 2. The maximum atomic E-state index is 11.5. The van der Waals surface area contributed by atoms with Crippen LogP contribution in [-0.2, 0) is 16.0 Å². The topological polar surface area (TPSA) is 108 Å². The summed E-state index contributed by atoms with van der Waals surface area (Å²) >= 11 is 0. The number of hydrogen-bond donors (Lipinski definition) is 4. The van der Waals surface area contributed by atoms with Gasteiger partial charge in [-0.2, -0.15) is 0 Å². The van der Waals surface area contributed by atoms with E-state index in [9.17, 15) is 19.8 Å². The summed E-state index contributed by atoms with van der Waals surface area (Å²) in [5, 5.41) is 25.6. The van der Waals surface area contributed by atoms with Crippen molar-refractivity contribution in [2.45, 2.75) is 51.4 Å². The van der Waals surface area contributed by atoms with Gasteiger partial charge in [0.15, 0.2) is 0 Å². The summed E-state index contributed by atoms with van der Waals surface area (Å²) in [5.74, 6) is -0.0845. The second-order valence-electron chi connectivity index (χ2n) is 6.87. The summed E-state index contributed by atoms with van der Waals surface area (Å²) in [7, 11) is 0. The van der Waals surface area contributed by atoms with Gasteiger partial charge >= 0.3 is 6.09 Å². The van der Waals surface area contributed by atoms with E-state index in [2.05, 4.69) is 10.6 Å². The van der Waals surface area contributed by atoms with Crippen LogP contribution >= 0.6 is 0 Å². The van der Waals surface area contributed by atoms with Crippen LogP contribution in [0.5, 0.6) is 0 Å². The Bertz CT molecular complexity index is 624. The van der Waals surface area contributed by atoms with Crippen molar-refractivity contribution in [2.75, 3.05) is 11.9 Å². The van der Waals surface area contributed by atoms with Crippen LogP contribution in [-0.4, -0.2) is 40.5 Å². The molecule has 1 aromatic carbocycles. The molecule has 0 radical (unpaired) electrons. The van der Waals surface area contributed by atoms with E-state index in [0.29, 0.717) is 5.56 Å².